The van der Waals surface area contributed by atoms with Gasteiger partial charge in [-0.25, -0.2) is 4.98 Å². The molecule has 0 unspecified atom stereocenters. The van der Waals surface area contributed by atoms with Crippen molar-refractivity contribution in [3.05, 3.63) is 44.5 Å². The van der Waals surface area contributed by atoms with E-state index in [0.29, 0.717) is 10.0 Å². The molecule has 0 aliphatic heterocycles. The Kier molecular flexibility index (Phi) is 3.61. The first-order valence-corrected chi connectivity index (χ1v) is 5.97. The van der Waals surface area contributed by atoms with E-state index in [1.807, 2.05) is 0 Å². The maximum atomic E-state index is 11.0. The highest BCUT2D eigenvalue weighted by Crippen LogP contribution is 2.33. The lowest BCUT2D eigenvalue weighted by atomic mass is 10.3. The van der Waals surface area contributed by atoms with E-state index in [2.05, 4.69) is 25.9 Å². The fraction of sp³-hybridized carbons (Fsp3) is 0.0909. The predicted molar refractivity (Wildman–Crippen MR) is 72.1 cm³/mol. The third-order valence-corrected chi connectivity index (χ3v) is 2.76. The van der Waals surface area contributed by atoms with Crippen molar-refractivity contribution in [2.75, 3.05) is 5.73 Å². The fourth-order valence-corrected chi connectivity index (χ4v) is 1.72. The molecule has 7 nitrogen and oxygen atoms in total. The van der Waals surface area contributed by atoms with Gasteiger partial charge in [0, 0.05) is 22.3 Å². The monoisotopic (exact) mass is 324 g/mol. The van der Waals surface area contributed by atoms with Gasteiger partial charge in [0.05, 0.1) is 4.92 Å². The van der Waals surface area contributed by atoms with Crippen LogP contribution < -0.4 is 10.5 Å². The number of rotatable bonds is 3. The quantitative estimate of drug-likeness (QED) is 0.687. The van der Waals surface area contributed by atoms with Gasteiger partial charge < -0.3 is 10.5 Å². The highest BCUT2D eigenvalue weighted by Gasteiger charge is 2.17. The maximum Gasteiger partial charge on any atom is 0.312 e. The summed E-state index contributed by atoms with van der Waals surface area (Å²) < 4.78 is 6.03. The van der Waals surface area contributed by atoms with E-state index in [4.69, 9.17) is 10.5 Å². The first-order chi connectivity index (χ1) is 8.97. The van der Waals surface area contributed by atoms with Crippen LogP contribution in [0.1, 0.15) is 5.56 Å². The number of ether oxygens (including phenoxy) is 1. The van der Waals surface area contributed by atoms with Crippen molar-refractivity contribution in [2.45, 2.75) is 6.92 Å². The topological polar surface area (TPSA) is 104 Å². The fourth-order valence-electron chi connectivity index (χ4n) is 1.37. The molecule has 2 N–H and O–H groups in total. The Morgan fingerprint density at radius 1 is 1.47 bits per heavy atom. The molecular formula is C11H9BrN4O3. The third-order valence-electron chi connectivity index (χ3n) is 2.27. The SMILES string of the molecule is Cc1cnc(N)nc1Oc1ccc(Br)cc1[N+](=O)[O-]. The lowest BCUT2D eigenvalue weighted by molar-refractivity contribution is -0.385. The number of anilines is 1. The molecule has 2 aromatic rings. The third kappa shape index (κ3) is 2.97. The molecule has 1 heterocycles. The zero-order valence-corrected chi connectivity index (χ0v) is 11.4. The summed E-state index contributed by atoms with van der Waals surface area (Å²) in [6.07, 6.45) is 1.49. The summed E-state index contributed by atoms with van der Waals surface area (Å²) in [5, 5.41) is 11.0. The summed E-state index contributed by atoms with van der Waals surface area (Å²) in [5.41, 5.74) is 5.93. The average molecular weight is 325 g/mol. The molecule has 0 aliphatic rings. The van der Waals surface area contributed by atoms with Crippen LogP contribution in [0.4, 0.5) is 11.6 Å². The van der Waals surface area contributed by atoms with Crippen molar-refractivity contribution in [3.63, 3.8) is 0 Å². The highest BCUT2D eigenvalue weighted by atomic mass is 79.9. The van der Waals surface area contributed by atoms with Gasteiger partial charge >= 0.3 is 5.69 Å². The zero-order valence-electron chi connectivity index (χ0n) is 9.83. The molecule has 1 aromatic heterocycles. The zero-order chi connectivity index (χ0) is 14.0. The van der Waals surface area contributed by atoms with Crippen LogP contribution in [0.3, 0.4) is 0 Å². The normalized spacial score (nSPS) is 10.2. The molecule has 0 radical (unpaired) electrons. The van der Waals surface area contributed by atoms with E-state index >= 15 is 0 Å². The lowest BCUT2D eigenvalue weighted by Crippen LogP contribution is -2.00. The minimum absolute atomic E-state index is 0.0420. The van der Waals surface area contributed by atoms with Gasteiger partial charge in [0.25, 0.3) is 0 Å². The first kappa shape index (κ1) is 13.2. The lowest BCUT2D eigenvalue weighted by Gasteiger charge is -2.08. The molecule has 2 rings (SSSR count). The number of hydrogen-bond donors (Lipinski definition) is 1. The molecular weight excluding hydrogens is 316 g/mol. The van der Waals surface area contributed by atoms with Crippen molar-refractivity contribution in [1.82, 2.24) is 9.97 Å². The Labute approximate surface area is 116 Å². The minimum Gasteiger partial charge on any atom is -0.431 e. The van der Waals surface area contributed by atoms with E-state index in [1.165, 1.54) is 18.3 Å². The molecule has 8 heteroatoms. The molecule has 0 spiro atoms. The average Bonchev–Trinajstić information content (AvgIpc) is 2.35. The minimum atomic E-state index is -0.528. The van der Waals surface area contributed by atoms with Crippen molar-refractivity contribution in [3.8, 4) is 11.6 Å². The van der Waals surface area contributed by atoms with E-state index in [1.54, 1.807) is 13.0 Å². The Morgan fingerprint density at radius 3 is 2.89 bits per heavy atom. The largest absolute Gasteiger partial charge is 0.431 e. The van der Waals surface area contributed by atoms with Crippen LogP contribution in [0, 0.1) is 17.0 Å². The Hall–Kier alpha value is -2.22. The summed E-state index contributed by atoms with van der Waals surface area (Å²) in [6.45, 7) is 1.72. The van der Waals surface area contributed by atoms with Gasteiger partial charge in [-0.2, -0.15) is 4.98 Å². The Bertz CT molecular complexity index is 648. The van der Waals surface area contributed by atoms with Crippen LogP contribution in [-0.2, 0) is 0 Å². The van der Waals surface area contributed by atoms with Gasteiger partial charge in [-0.15, -0.1) is 0 Å². The molecule has 98 valence electrons. The summed E-state index contributed by atoms with van der Waals surface area (Å²) in [6, 6.07) is 4.48. The Balaban J connectivity index is 2.43. The summed E-state index contributed by atoms with van der Waals surface area (Å²) >= 11 is 3.17. The number of aromatic nitrogens is 2. The van der Waals surface area contributed by atoms with Crippen LogP contribution in [0.2, 0.25) is 0 Å². The molecule has 1 aromatic carbocycles. The summed E-state index contributed by atoms with van der Waals surface area (Å²) in [5.74, 6) is 0.327. The second kappa shape index (κ2) is 5.19. The number of nitrogen functional groups attached to an aromatic ring is 1. The van der Waals surface area contributed by atoms with Gasteiger partial charge in [-0.05, 0) is 19.1 Å². The molecule has 0 saturated carbocycles. The van der Waals surface area contributed by atoms with E-state index in [-0.39, 0.29) is 23.3 Å². The summed E-state index contributed by atoms with van der Waals surface area (Å²) in [4.78, 5) is 18.1. The smallest absolute Gasteiger partial charge is 0.312 e. The summed E-state index contributed by atoms with van der Waals surface area (Å²) in [7, 11) is 0. The van der Waals surface area contributed by atoms with Crippen LogP contribution in [0.5, 0.6) is 11.6 Å². The molecule has 0 atom stereocenters. The second-order valence-corrected chi connectivity index (χ2v) is 4.60. The number of hydrogen-bond acceptors (Lipinski definition) is 6. The van der Waals surface area contributed by atoms with Crippen molar-refractivity contribution in [1.29, 1.82) is 0 Å². The van der Waals surface area contributed by atoms with Gasteiger partial charge in [0.15, 0.2) is 0 Å². The second-order valence-electron chi connectivity index (χ2n) is 3.69. The molecule has 0 amide bonds. The van der Waals surface area contributed by atoms with Crippen LogP contribution in [0.15, 0.2) is 28.9 Å². The van der Waals surface area contributed by atoms with Crippen LogP contribution in [0.25, 0.3) is 0 Å². The first-order valence-electron chi connectivity index (χ1n) is 5.18. The predicted octanol–water partition coefficient (Wildman–Crippen LogP) is 2.83. The van der Waals surface area contributed by atoms with Gasteiger partial charge in [0.2, 0.25) is 17.6 Å². The standard InChI is InChI=1S/C11H9BrN4O3/c1-6-5-14-11(13)15-10(6)19-9-3-2-7(12)4-8(9)16(17)18/h2-5H,1H3,(H2,13,14,15). The molecule has 0 fully saturated rings. The van der Waals surface area contributed by atoms with Gasteiger partial charge in [0.1, 0.15) is 0 Å². The highest BCUT2D eigenvalue weighted by molar-refractivity contribution is 9.10. The molecule has 0 aliphatic carbocycles. The van der Waals surface area contributed by atoms with Gasteiger partial charge in [-0.1, -0.05) is 15.9 Å². The van der Waals surface area contributed by atoms with Crippen molar-refractivity contribution in [2.24, 2.45) is 0 Å². The van der Waals surface area contributed by atoms with E-state index < -0.39 is 4.92 Å². The number of aryl methyl sites for hydroxylation is 1. The van der Waals surface area contributed by atoms with Crippen molar-refractivity contribution >= 4 is 27.6 Å². The number of halogens is 1. The van der Waals surface area contributed by atoms with Crippen LogP contribution in [-0.4, -0.2) is 14.9 Å². The number of benzene rings is 1. The Morgan fingerprint density at radius 2 is 2.21 bits per heavy atom. The number of nitrogens with two attached hydrogens (primary N) is 1. The molecule has 0 saturated heterocycles. The van der Waals surface area contributed by atoms with Crippen molar-refractivity contribution < 1.29 is 9.66 Å². The number of nitro benzene ring substituents is 1. The number of nitro groups is 1. The molecule has 19 heavy (non-hydrogen) atoms. The van der Waals surface area contributed by atoms with Crippen LogP contribution >= 0.6 is 15.9 Å². The molecule has 0 bridgehead atoms. The van der Waals surface area contributed by atoms with E-state index in [0.717, 1.165) is 0 Å². The van der Waals surface area contributed by atoms with E-state index in [9.17, 15) is 10.1 Å². The maximum absolute atomic E-state index is 11.0. The number of nitrogens with zero attached hydrogens (tertiary/aromatic N) is 3. The van der Waals surface area contributed by atoms with Gasteiger partial charge in [-0.3, -0.25) is 10.1 Å².